The molecular formula is C22H27F2N7O. The van der Waals surface area contributed by atoms with Gasteiger partial charge < -0.3 is 15.4 Å². The molecule has 0 amide bonds. The van der Waals surface area contributed by atoms with Crippen molar-refractivity contribution in [2.75, 3.05) is 24.3 Å². The maximum absolute atomic E-state index is 13.0. The van der Waals surface area contributed by atoms with Gasteiger partial charge in [0, 0.05) is 42.1 Å². The van der Waals surface area contributed by atoms with Crippen LogP contribution in [-0.2, 0) is 0 Å². The molecule has 10 heteroatoms. The third-order valence-corrected chi connectivity index (χ3v) is 6.44. The topological polar surface area (TPSA) is 91.0 Å². The highest BCUT2D eigenvalue weighted by Crippen LogP contribution is 2.39. The van der Waals surface area contributed by atoms with Crippen LogP contribution >= 0.6 is 0 Å². The Balaban J connectivity index is 1.44. The molecule has 0 aliphatic carbocycles. The molecule has 5 rings (SSSR count). The second kappa shape index (κ2) is 8.50. The molecule has 2 aliphatic heterocycles. The van der Waals surface area contributed by atoms with Gasteiger partial charge in [-0.15, -0.1) is 0 Å². The van der Waals surface area contributed by atoms with Gasteiger partial charge in [0.25, 0.3) is 6.43 Å². The zero-order valence-electron chi connectivity index (χ0n) is 18.1. The molecule has 1 unspecified atom stereocenters. The summed E-state index contributed by atoms with van der Waals surface area (Å²) in [5.74, 6) is 2.64. The summed E-state index contributed by atoms with van der Waals surface area (Å²) in [6.45, 7) is 1.80. The first-order chi connectivity index (χ1) is 15.5. The largest absolute Gasteiger partial charge is 0.496 e. The molecule has 3 N–H and O–H groups in total. The average Bonchev–Trinajstić information content (AvgIpc) is 3.25. The van der Waals surface area contributed by atoms with Gasteiger partial charge in [0.2, 0.25) is 0 Å². The van der Waals surface area contributed by atoms with Crippen LogP contribution in [0.25, 0.3) is 10.9 Å². The maximum Gasteiger partial charge on any atom is 0.251 e. The van der Waals surface area contributed by atoms with Crippen LogP contribution in [0.15, 0.2) is 24.4 Å². The molecule has 170 valence electrons. The van der Waals surface area contributed by atoms with E-state index in [1.807, 2.05) is 30.0 Å². The number of nitrogens with one attached hydrogen (secondary N) is 3. The Labute approximate surface area is 184 Å². The SMILES string of the molecule is COc1ccnc2cc(Nc3cc(C)[nH]n3)nc(NC3C[C@H]4CC[C@@H](C3)N4CC(F)F)c12. The molecule has 0 saturated carbocycles. The van der Waals surface area contributed by atoms with E-state index >= 15 is 0 Å². The molecule has 3 aromatic rings. The fourth-order valence-electron chi connectivity index (χ4n) is 5.14. The first-order valence-electron chi connectivity index (χ1n) is 10.9. The zero-order chi connectivity index (χ0) is 22.2. The molecular weight excluding hydrogens is 416 g/mol. The molecule has 0 radical (unpaired) electrons. The number of piperidine rings is 1. The number of hydrogen-bond donors (Lipinski definition) is 3. The van der Waals surface area contributed by atoms with Crippen molar-refractivity contribution in [3.05, 3.63) is 30.1 Å². The smallest absolute Gasteiger partial charge is 0.251 e. The summed E-state index contributed by atoms with van der Waals surface area (Å²) >= 11 is 0. The number of aryl methyl sites for hydroxylation is 1. The highest BCUT2D eigenvalue weighted by molar-refractivity contribution is 5.96. The highest BCUT2D eigenvalue weighted by Gasteiger charge is 2.41. The van der Waals surface area contributed by atoms with Crippen LogP contribution < -0.4 is 15.4 Å². The number of ether oxygens (including phenoxy) is 1. The number of rotatable bonds is 7. The number of anilines is 3. The van der Waals surface area contributed by atoms with Gasteiger partial charge in [0.05, 0.1) is 24.6 Å². The molecule has 8 nitrogen and oxygen atoms in total. The molecule has 2 bridgehead atoms. The van der Waals surface area contributed by atoms with E-state index in [0.717, 1.165) is 42.3 Å². The second-order valence-electron chi connectivity index (χ2n) is 8.61. The van der Waals surface area contributed by atoms with E-state index in [0.29, 0.717) is 23.2 Å². The molecule has 0 aromatic carbocycles. The lowest BCUT2D eigenvalue weighted by Gasteiger charge is -2.39. The van der Waals surface area contributed by atoms with Gasteiger partial charge >= 0.3 is 0 Å². The quantitative estimate of drug-likeness (QED) is 0.507. The highest BCUT2D eigenvalue weighted by atomic mass is 19.3. The van der Waals surface area contributed by atoms with Crippen LogP contribution in [0.4, 0.5) is 26.2 Å². The molecule has 2 aliphatic rings. The van der Waals surface area contributed by atoms with Crippen molar-refractivity contribution < 1.29 is 13.5 Å². The number of aromatic nitrogens is 4. The van der Waals surface area contributed by atoms with Crippen molar-refractivity contribution in [1.82, 2.24) is 25.1 Å². The molecule has 3 atom stereocenters. The first kappa shape index (κ1) is 20.9. The van der Waals surface area contributed by atoms with Crippen LogP contribution in [0, 0.1) is 6.92 Å². The zero-order valence-corrected chi connectivity index (χ0v) is 18.1. The van der Waals surface area contributed by atoms with Crippen molar-refractivity contribution in [3.8, 4) is 5.75 Å². The van der Waals surface area contributed by atoms with E-state index in [4.69, 9.17) is 9.72 Å². The molecule has 5 heterocycles. The predicted octanol–water partition coefficient (Wildman–Crippen LogP) is 4.09. The summed E-state index contributed by atoms with van der Waals surface area (Å²) < 4.78 is 31.6. The van der Waals surface area contributed by atoms with Crippen molar-refractivity contribution in [2.45, 2.75) is 57.2 Å². The number of nitrogens with zero attached hydrogens (tertiary/aromatic N) is 4. The Morgan fingerprint density at radius 1 is 1.22 bits per heavy atom. The van der Waals surface area contributed by atoms with E-state index in [-0.39, 0.29) is 24.7 Å². The number of H-pyrrole nitrogens is 1. The minimum absolute atomic E-state index is 0.135. The number of halogens is 2. The van der Waals surface area contributed by atoms with Gasteiger partial charge in [-0.25, -0.2) is 13.8 Å². The lowest BCUT2D eigenvalue weighted by molar-refractivity contribution is 0.0418. The van der Waals surface area contributed by atoms with E-state index in [1.54, 1.807) is 13.3 Å². The van der Waals surface area contributed by atoms with E-state index < -0.39 is 6.43 Å². The fraction of sp³-hybridized carbons (Fsp3) is 0.500. The Bertz CT molecular complexity index is 1090. The van der Waals surface area contributed by atoms with Gasteiger partial charge in [0.1, 0.15) is 17.4 Å². The Morgan fingerprint density at radius 3 is 2.66 bits per heavy atom. The van der Waals surface area contributed by atoms with E-state index in [2.05, 4.69) is 25.8 Å². The van der Waals surface area contributed by atoms with Gasteiger partial charge in [-0.2, -0.15) is 5.10 Å². The third-order valence-electron chi connectivity index (χ3n) is 6.44. The normalized spacial score (nSPS) is 23.1. The number of alkyl halides is 2. The summed E-state index contributed by atoms with van der Waals surface area (Å²) in [4.78, 5) is 11.3. The molecule has 32 heavy (non-hydrogen) atoms. The van der Waals surface area contributed by atoms with Crippen LogP contribution in [0.5, 0.6) is 5.75 Å². The lowest BCUT2D eigenvalue weighted by Crippen LogP contribution is -2.48. The Kier molecular flexibility index (Phi) is 5.54. The Hall–Kier alpha value is -3.01. The summed E-state index contributed by atoms with van der Waals surface area (Å²) in [6.07, 6.45) is 2.97. The summed E-state index contributed by atoms with van der Waals surface area (Å²) in [7, 11) is 1.63. The molecule has 2 saturated heterocycles. The number of aromatic amines is 1. The minimum Gasteiger partial charge on any atom is -0.496 e. The van der Waals surface area contributed by atoms with E-state index in [9.17, 15) is 8.78 Å². The Morgan fingerprint density at radius 2 is 2.00 bits per heavy atom. The summed E-state index contributed by atoms with van der Waals surface area (Å²) in [5.41, 5.74) is 1.69. The van der Waals surface area contributed by atoms with Crippen molar-refractivity contribution >= 4 is 28.4 Å². The van der Waals surface area contributed by atoms with Crippen molar-refractivity contribution in [3.63, 3.8) is 0 Å². The predicted molar refractivity (Wildman–Crippen MR) is 119 cm³/mol. The number of pyridine rings is 2. The third kappa shape index (κ3) is 4.06. The van der Waals surface area contributed by atoms with Gasteiger partial charge in [-0.05, 0) is 38.7 Å². The van der Waals surface area contributed by atoms with Gasteiger partial charge in [0.15, 0.2) is 5.82 Å². The van der Waals surface area contributed by atoms with Gasteiger partial charge in [-0.1, -0.05) is 0 Å². The lowest BCUT2D eigenvalue weighted by atomic mass is 9.97. The first-order valence-corrected chi connectivity index (χ1v) is 10.9. The van der Waals surface area contributed by atoms with Crippen LogP contribution in [0.3, 0.4) is 0 Å². The van der Waals surface area contributed by atoms with Crippen molar-refractivity contribution in [1.29, 1.82) is 0 Å². The molecule has 2 fully saturated rings. The molecule has 3 aromatic heterocycles. The summed E-state index contributed by atoms with van der Waals surface area (Å²) in [5, 5.41) is 14.8. The fourth-order valence-corrected chi connectivity index (χ4v) is 5.14. The second-order valence-corrected chi connectivity index (χ2v) is 8.61. The maximum atomic E-state index is 13.0. The molecule has 0 spiro atoms. The van der Waals surface area contributed by atoms with Crippen LogP contribution in [-0.4, -0.2) is 63.3 Å². The average molecular weight is 444 g/mol. The van der Waals surface area contributed by atoms with Crippen LogP contribution in [0.2, 0.25) is 0 Å². The van der Waals surface area contributed by atoms with E-state index in [1.165, 1.54) is 0 Å². The van der Waals surface area contributed by atoms with Crippen LogP contribution in [0.1, 0.15) is 31.4 Å². The van der Waals surface area contributed by atoms with Gasteiger partial charge in [-0.3, -0.25) is 15.0 Å². The number of hydrogen-bond acceptors (Lipinski definition) is 7. The summed E-state index contributed by atoms with van der Waals surface area (Å²) in [6, 6.07) is 6.08. The number of methoxy groups -OCH3 is 1. The standard InChI is InChI=1S/C22H27F2N7O/c1-12-7-20(30-29-12)27-19-10-16-21(17(32-2)5-6-25-16)22(28-19)26-13-8-14-3-4-15(9-13)31(14)11-18(23)24/h5-7,10,13-15,18H,3-4,8-9,11H2,1-2H3,(H3,26,27,28,29,30)/t13?,14-,15+. The number of fused-ring (bicyclic) bond motifs is 3. The minimum atomic E-state index is -2.29. The van der Waals surface area contributed by atoms with Crippen molar-refractivity contribution in [2.24, 2.45) is 0 Å². The monoisotopic (exact) mass is 443 g/mol.